The van der Waals surface area contributed by atoms with E-state index >= 15 is 0 Å². The van der Waals surface area contributed by atoms with Gasteiger partial charge in [0.2, 0.25) is 0 Å². The van der Waals surface area contributed by atoms with Crippen LogP contribution in [0.25, 0.3) is 5.57 Å². The van der Waals surface area contributed by atoms with E-state index in [4.69, 9.17) is 4.74 Å². The average Bonchev–Trinajstić information content (AvgIpc) is 2.67. The lowest BCUT2D eigenvalue weighted by atomic mass is 9.72. The standard InChI is InChI=1S/C25H33NO2/c1-17-11-12-24(4,5)13-14-25(6,7)18(2)15-21(17)19(3)20-9-10-22(26-16-20)23(27)28-8/h9-11,15-16H,2-3,12-14H2,1,4-8H3/b17-11-,21-15+. The molecule has 0 spiro atoms. The van der Waals surface area contributed by atoms with Crippen LogP contribution in [0.4, 0.5) is 0 Å². The molecule has 3 nitrogen and oxygen atoms in total. The number of ether oxygens (including phenoxy) is 1. The van der Waals surface area contributed by atoms with Crippen molar-refractivity contribution in [3.8, 4) is 0 Å². The summed E-state index contributed by atoms with van der Waals surface area (Å²) in [6, 6.07) is 3.54. The molecule has 0 bridgehead atoms. The Morgan fingerprint density at radius 2 is 1.86 bits per heavy atom. The summed E-state index contributed by atoms with van der Waals surface area (Å²) < 4.78 is 4.73. The predicted molar refractivity (Wildman–Crippen MR) is 117 cm³/mol. The summed E-state index contributed by atoms with van der Waals surface area (Å²) in [6.45, 7) is 20.0. The molecule has 0 aromatic carbocycles. The second kappa shape index (κ2) is 8.30. The molecule has 2 rings (SSSR count). The van der Waals surface area contributed by atoms with Gasteiger partial charge in [-0.05, 0) is 65.4 Å². The van der Waals surface area contributed by atoms with Crippen LogP contribution in [0.2, 0.25) is 0 Å². The molecule has 0 amide bonds. The highest BCUT2D eigenvalue weighted by atomic mass is 16.5. The zero-order chi connectivity index (χ0) is 21.1. The first-order valence-corrected chi connectivity index (χ1v) is 9.79. The largest absolute Gasteiger partial charge is 0.464 e. The molecule has 0 N–H and O–H groups in total. The van der Waals surface area contributed by atoms with E-state index < -0.39 is 5.97 Å². The van der Waals surface area contributed by atoms with E-state index in [-0.39, 0.29) is 10.8 Å². The smallest absolute Gasteiger partial charge is 0.356 e. The van der Waals surface area contributed by atoms with Crippen LogP contribution in [0.5, 0.6) is 0 Å². The third-order valence-electron chi connectivity index (χ3n) is 5.83. The van der Waals surface area contributed by atoms with Gasteiger partial charge in [0.1, 0.15) is 5.69 Å². The lowest BCUT2D eigenvalue weighted by Gasteiger charge is -2.33. The fraction of sp³-hybridized carbons (Fsp3) is 0.440. The molecule has 1 aromatic rings. The Bertz CT molecular complexity index is 836. The van der Waals surface area contributed by atoms with Gasteiger partial charge >= 0.3 is 5.97 Å². The monoisotopic (exact) mass is 379 g/mol. The maximum atomic E-state index is 11.6. The topological polar surface area (TPSA) is 39.2 Å². The highest BCUT2D eigenvalue weighted by Crippen LogP contribution is 2.41. The number of hydrogen-bond donors (Lipinski definition) is 0. The molecule has 150 valence electrons. The van der Waals surface area contributed by atoms with Gasteiger partial charge < -0.3 is 4.74 Å². The van der Waals surface area contributed by atoms with Crippen LogP contribution in [0.3, 0.4) is 0 Å². The minimum Gasteiger partial charge on any atom is -0.464 e. The van der Waals surface area contributed by atoms with Crippen molar-refractivity contribution < 1.29 is 9.53 Å². The van der Waals surface area contributed by atoms with E-state index in [0.29, 0.717) is 5.69 Å². The molecule has 0 aliphatic heterocycles. The molecule has 0 radical (unpaired) electrons. The summed E-state index contributed by atoms with van der Waals surface area (Å²) in [5.41, 5.74) is 5.69. The van der Waals surface area contributed by atoms with Crippen molar-refractivity contribution in [2.75, 3.05) is 7.11 Å². The Hall–Kier alpha value is -2.42. The number of allylic oxidation sites excluding steroid dienone is 6. The number of nitrogens with zero attached hydrogens (tertiary/aromatic N) is 1. The van der Waals surface area contributed by atoms with E-state index in [1.807, 2.05) is 6.07 Å². The number of aromatic nitrogens is 1. The molecule has 28 heavy (non-hydrogen) atoms. The predicted octanol–water partition coefficient (Wildman–Crippen LogP) is 6.55. The lowest BCUT2D eigenvalue weighted by molar-refractivity contribution is 0.0594. The van der Waals surface area contributed by atoms with Crippen LogP contribution in [0.1, 0.15) is 69.9 Å². The second-order valence-corrected chi connectivity index (χ2v) is 9.12. The minimum absolute atomic E-state index is 0.0212. The summed E-state index contributed by atoms with van der Waals surface area (Å²) >= 11 is 0. The van der Waals surface area contributed by atoms with Crippen LogP contribution in [-0.2, 0) is 4.74 Å². The third kappa shape index (κ3) is 5.09. The van der Waals surface area contributed by atoms with Crippen LogP contribution in [0.15, 0.2) is 60.4 Å². The zero-order valence-electron chi connectivity index (χ0n) is 18.2. The van der Waals surface area contributed by atoms with Crippen molar-refractivity contribution in [2.45, 2.75) is 53.9 Å². The van der Waals surface area contributed by atoms with E-state index in [9.17, 15) is 4.79 Å². The fourth-order valence-electron chi connectivity index (χ4n) is 3.21. The molecule has 0 saturated heterocycles. The Balaban J connectivity index is 2.46. The number of methoxy groups -OCH3 is 1. The van der Waals surface area contributed by atoms with Crippen molar-refractivity contribution in [1.29, 1.82) is 0 Å². The number of esters is 1. The number of carbonyl (C=O) groups excluding carboxylic acids is 1. The highest BCUT2D eigenvalue weighted by molar-refractivity contribution is 5.88. The maximum Gasteiger partial charge on any atom is 0.356 e. The molecule has 1 aliphatic carbocycles. The molecule has 0 atom stereocenters. The van der Waals surface area contributed by atoms with Crippen molar-refractivity contribution >= 4 is 11.5 Å². The van der Waals surface area contributed by atoms with Gasteiger partial charge in [-0.25, -0.2) is 9.78 Å². The first kappa shape index (κ1) is 21.9. The Labute approximate surface area is 169 Å². The zero-order valence-corrected chi connectivity index (χ0v) is 18.2. The lowest BCUT2D eigenvalue weighted by Crippen LogP contribution is -2.20. The van der Waals surface area contributed by atoms with Gasteiger partial charge in [0.15, 0.2) is 0 Å². The van der Waals surface area contributed by atoms with E-state index in [1.165, 1.54) is 12.7 Å². The summed E-state index contributed by atoms with van der Waals surface area (Å²) in [6.07, 6.45) is 9.42. The normalized spacial score (nSPS) is 23.0. The first-order chi connectivity index (χ1) is 13.0. The number of carbonyl (C=O) groups is 1. The van der Waals surface area contributed by atoms with Crippen molar-refractivity contribution in [1.82, 2.24) is 4.98 Å². The van der Waals surface area contributed by atoms with E-state index in [1.54, 1.807) is 12.3 Å². The molecular weight excluding hydrogens is 346 g/mol. The van der Waals surface area contributed by atoms with Gasteiger partial charge in [-0.15, -0.1) is 0 Å². The molecule has 3 heteroatoms. The minimum atomic E-state index is -0.441. The van der Waals surface area contributed by atoms with Gasteiger partial charge in [-0.2, -0.15) is 0 Å². The molecule has 1 heterocycles. The summed E-state index contributed by atoms with van der Waals surface area (Å²) in [4.78, 5) is 15.9. The molecule has 0 saturated carbocycles. The molecule has 1 aliphatic rings. The third-order valence-corrected chi connectivity index (χ3v) is 5.83. The van der Waals surface area contributed by atoms with Crippen molar-refractivity contribution in [3.63, 3.8) is 0 Å². The maximum absolute atomic E-state index is 11.6. The Morgan fingerprint density at radius 3 is 2.43 bits per heavy atom. The first-order valence-electron chi connectivity index (χ1n) is 9.79. The second-order valence-electron chi connectivity index (χ2n) is 9.12. The summed E-state index contributed by atoms with van der Waals surface area (Å²) in [7, 11) is 1.35. The van der Waals surface area contributed by atoms with Gasteiger partial charge in [0, 0.05) is 11.8 Å². The van der Waals surface area contributed by atoms with E-state index in [2.05, 4.69) is 64.9 Å². The van der Waals surface area contributed by atoms with Gasteiger partial charge in [0.25, 0.3) is 0 Å². The van der Waals surface area contributed by atoms with Gasteiger partial charge in [0.05, 0.1) is 7.11 Å². The van der Waals surface area contributed by atoms with Crippen LogP contribution in [-0.4, -0.2) is 18.1 Å². The summed E-state index contributed by atoms with van der Waals surface area (Å²) in [5.74, 6) is -0.441. The van der Waals surface area contributed by atoms with Crippen molar-refractivity contribution in [3.05, 3.63) is 71.6 Å². The van der Waals surface area contributed by atoms with Crippen LogP contribution < -0.4 is 0 Å². The van der Waals surface area contributed by atoms with E-state index in [0.717, 1.165) is 41.5 Å². The number of rotatable bonds is 3. The van der Waals surface area contributed by atoms with Crippen LogP contribution in [0, 0.1) is 10.8 Å². The van der Waals surface area contributed by atoms with Gasteiger partial charge in [-0.3, -0.25) is 0 Å². The molecule has 0 fully saturated rings. The molecular formula is C25H33NO2. The van der Waals surface area contributed by atoms with Crippen LogP contribution >= 0.6 is 0 Å². The van der Waals surface area contributed by atoms with Gasteiger partial charge in [-0.1, -0.05) is 59.1 Å². The molecule has 1 aromatic heterocycles. The Morgan fingerprint density at radius 1 is 1.18 bits per heavy atom. The SMILES string of the molecule is C=C(C1=C/C(=C)C(C)(C)CCC(C)(C)C/C=C\1C)c1ccc(C(=O)OC)nc1. The summed E-state index contributed by atoms with van der Waals surface area (Å²) in [5, 5.41) is 0. The average molecular weight is 380 g/mol. The van der Waals surface area contributed by atoms with Crippen molar-refractivity contribution in [2.24, 2.45) is 10.8 Å². The number of hydrogen-bond acceptors (Lipinski definition) is 3. The highest BCUT2D eigenvalue weighted by Gasteiger charge is 2.27. The number of pyridine rings is 1. The fourth-order valence-corrected chi connectivity index (χ4v) is 3.21. The molecule has 0 unspecified atom stereocenters. The quantitative estimate of drug-likeness (QED) is 0.559. The Kier molecular flexibility index (Phi) is 6.48.